The van der Waals surface area contributed by atoms with Gasteiger partial charge in [-0.25, -0.2) is 0 Å². The quantitative estimate of drug-likeness (QED) is 0.793. The number of aliphatic carboxylic acids is 1. The van der Waals surface area contributed by atoms with E-state index in [1.54, 1.807) is 0 Å². The summed E-state index contributed by atoms with van der Waals surface area (Å²) in [5, 5.41) is 21.3. The van der Waals surface area contributed by atoms with Gasteiger partial charge in [-0.2, -0.15) is 0 Å². The Morgan fingerprint density at radius 1 is 1.17 bits per heavy atom. The van der Waals surface area contributed by atoms with Gasteiger partial charge in [0.2, 0.25) is 0 Å². The van der Waals surface area contributed by atoms with Gasteiger partial charge < -0.3 is 15.5 Å². The number of nitrogens with zero attached hydrogens (tertiary/aromatic N) is 2. The number of carboxylic acid groups (broad SMARTS) is 1. The van der Waals surface area contributed by atoms with Crippen molar-refractivity contribution in [2.75, 3.05) is 6.54 Å². The van der Waals surface area contributed by atoms with E-state index in [1.165, 1.54) is 18.5 Å². The van der Waals surface area contributed by atoms with Crippen LogP contribution in [0.5, 0.6) is 5.75 Å². The number of hydrogen-bond acceptors (Lipinski definition) is 5. The molecule has 1 heterocycles. The molecule has 1 aliphatic rings. The summed E-state index contributed by atoms with van der Waals surface area (Å²) in [7, 11) is 0. The number of benzene rings is 1. The van der Waals surface area contributed by atoms with Gasteiger partial charge >= 0.3 is 5.97 Å². The van der Waals surface area contributed by atoms with Crippen LogP contribution in [0.3, 0.4) is 0 Å². The van der Waals surface area contributed by atoms with Crippen LogP contribution in [0.25, 0.3) is 16.6 Å². The van der Waals surface area contributed by atoms with Crippen LogP contribution in [0.2, 0.25) is 0 Å². The maximum absolute atomic E-state index is 12.3. The molecule has 0 radical (unpaired) electrons. The number of phenols is 1. The molecule has 3 rings (SSSR count). The normalized spacial score (nSPS) is 14.2. The van der Waals surface area contributed by atoms with Crippen LogP contribution < -0.4 is 5.32 Å². The minimum atomic E-state index is -1.16. The Morgan fingerprint density at radius 3 is 2.58 bits per heavy atom. The molecule has 0 atom stereocenters. The van der Waals surface area contributed by atoms with E-state index >= 15 is 0 Å². The molecule has 24 heavy (non-hydrogen) atoms. The number of carbonyl (C=O) groups excluding carboxylic acids is 1. The number of hydrogen-bond donors (Lipinski definition) is 3. The topological polar surface area (TPSA) is 112 Å². The fourth-order valence-electron chi connectivity index (χ4n) is 2.91. The Morgan fingerprint density at radius 2 is 1.92 bits per heavy atom. The van der Waals surface area contributed by atoms with Crippen LogP contribution in [0.4, 0.5) is 0 Å². The first-order valence-electron chi connectivity index (χ1n) is 7.74. The molecule has 0 aliphatic heterocycles. The predicted octanol–water partition coefficient (Wildman–Crippen LogP) is 2.11. The number of allylic oxidation sites excluding steroid dienone is 2. The predicted molar refractivity (Wildman–Crippen MR) is 87.6 cm³/mol. The molecule has 0 bridgehead atoms. The molecule has 7 nitrogen and oxygen atoms in total. The van der Waals surface area contributed by atoms with Crippen molar-refractivity contribution in [2.45, 2.75) is 25.7 Å². The first kappa shape index (κ1) is 15.9. The highest BCUT2D eigenvalue weighted by molar-refractivity contribution is 6.10. The summed E-state index contributed by atoms with van der Waals surface area (Å²) in [6.07, 6.45) is 9.15. The third kappa shape index (κ3) is 3.05. The van der Waals surface area contributed by atoms with E-state index in [0.717, 1.165) is 36.8 Å². The van der Waals surface area contributed by atoms with Crippen LogP contribution in [-0.4, -0.2) is 38.6 Å². The van der Waals surface area contributed by atoms with Gasteiger partial charge in [-0.1, -0.05) is 6.08 Å². The smallest absolute Gasteiger partial charge is 0.322 e. The molecule has 3 N–H and O–H groups in total. The zero-order valence-corrected chi connectivity index (χ0v) is 13.0. The first-order valence-corrected chi connectivity index (χ1v) is 7.74. The van der Waals surface area contributed by atoms with Gasteiger partial charge in [0.25, 0.3) is 5.91 Å². The SMILES string of the molecule is O=C(O)CNC(=O)c1c(O)cc(C2=CCCCC2)c2nccnc12. The van der Waals surface area contributed by atoms with E-state index in [2.05, 4.69) is 21.4 Å². The van der Waals surface area contributed by atoms with E-state index < -0.39 is 18.4 Å². The van der Waals surface area contributed by atoms with E-state index in [-0.39, 0.29) is 16.8 Å². The molecule has 124 valence electrons. The summed E-state index contributed by atoms with van der Waals surface area (Å²) in [5.74, 6) is -2.08. The second kappa shape index (κ2) is 6.66. The number of carbonyl (C=O) groups is 2. The molecule has 1 aromatic heterocycles. The number of nitrogens with one attached hydrogen (secondary N) is 1. The second-order valence-corrected chi connectivity index (χ2v) is 5.62. The lowest BCUT2D eigenvalue weighted by Crippen LogP contribution is -2.29. The van der Waals surface area contributed by atoms with Crippen molar-refractivity contribution in [1.82, 2.24) is 15.3 Å². The standard InChI is InChI=1S/C17H17N3O4/c21-12-8-11(10-4-2-1-3-5-10)15-16(19-7-6-18-15)14(12)17(24)20-9-13(22)23/h4,6-8,21H,1-3,5,9H2,(H,20,24)(H,22,23). The third-order valence-electron chi connectivity index (χ3n) is 3.99. The van der Waals surface area contributed by atoms with Crippen molar-refractivity contribution < 1.29 is 19.8 Å². The van der Waals surface area contributed by atoms with Crippen LogP contribution in [0, 0.1) is 0 Å². The number of fused-ring (bicyclic) bond motifs is 1. The Bertz CT molecular complexity index is 845. The van der Waals surface area contributed by atoms with Gasteiger partial charge in [0.05, 0.1) is 5.52 Å². The fraction of sp³-hybridized carbons (Fsp3) is 0.294. The molecule has 2 aromatic rings. The number of aromatic nitrogens is 2. The highest BCUT2D eigenvalue weighted by Crippen LogP contribution is 2.35. The molecule has 0 unspecified atom stereocenters. The van der Waals surface area contributed by atoms with Crippen molar-refractivity contribution in [3.8, 4) is 5.75 Å². The highest BCUT2D eigenvalue weighted by atomic mass is 16.4. The number of rotatable bonds is 4. The lowest BCUT2D eigenvalue weighted by atomic mass is 9.91. The van der Waals surface area contributed by atoms with E-state index in [0.29, 0.717) is 5.52 Å². The number of phenolic OH excluding ortho intramolecular Hbond substituents is 1. The molecule has 0 fully saturated rings. The average Bonchev–Trinajstić information content (AvgIpc) is 2.59. The summed E-state index contributed by atoms with van der Waals surface area (Å²) in [6, 6.07) is 1.52. The molecule has 1 amide bonds. The van der Waals surface area contributed by atoms with Gasteiger partial charge in [-0.3, -0.25) is 19.6 Å². The fourth-order valence-corrected chi connectivity index (χ4v) is 2.91. The van der Waals surface area contributed by atoms with Crippen molar-refractivity contribution in [3.63, 3.8) is 0 Å². The van der Waals surface area contributed by atoms with Gasteiger partial charge in [0, 0.05) is 18.0 Å². The number of aromatic hydroxyl groups is 1. The second-order valence-electron chi connectivity index (χ2n) is 5.62. The van der Waals surface area contributed by atoms with Crippen molar-refractivity contribution in [3.05, 3.63) is 35.7 Å². The minimum Gasteiger partial charge on any atom is -0.507 e. The molecule has 0 spiro atoms. The van der Waals surface area contributed by atoms with E-state index in [1.807, 2.05) is 0 Å². The molecule has 1 aromatic carbocycles. The highest BCUT2D eigenvalue weighted by Gasteiger charge is 2.22. The maximum atomic E-state index is 12.3. The summed E-state index contributed by atoms with van der Waals surface area (Å²) in [6.45, 7) is -0.535. The third-order valence-corrected chi connectivity index (χ3v) is 3.99. The molecule has 0 saturated carbocycles. The maximum Gasteiger partial charge on any atom is 0.322 e. The van der Waals surface area contributed by atoms with Gasteiger partial charge in [0.15, 0.2) is 0 Å². The monoisotopic (exact) mass is 327 g/mol. The molecular formula is C17H17N3O4. The summed E-state index contributed by atoms with van der Waals surface area (Å²) in [5.41, 5.74) is 2.59. The zero-order chi connectivity index (χ0) is 17.1. The Kier molecular flexibility index (Phi) is 4.41. The summed E-state index contributed by atoms with van der Waals surface area (Å²) < 4.78 is 0. The van der Waals surface area contributed by atoms with Crippen molar-refractivity contribution in [2.24, 2.45) is 0 Å². The lowest BCUT2D eigenvalue weighted by Gasteiger charge is -2.16. The van der Waals surface area contributed by atoms with Crippen molar-refractivity contribution in [1.29, 1.82) is 0 Å². The van der Waals surface area contributed by atoms with E-state index in [9.17, 15) is 14.7 Å². The molecule has 0 saturated heterocycles. The Labute approximate surface area is 138 Å². The number of amides is 1. The average molecular weight is 327 g/mol. The largest absolute Gasteiger partial charge is 0.507 e. The van der Waals surface area contributed by atoms with Crippen LogP contribution in [0.15, 0.2) is 24.5 Å². The van der Waals surface area contributed by atoms with Crippen LogP contribution in [-0.2, 0) is 4.79 Å². The minimum absolute atomic E-state index is 0.0560. The Balaban J connectivity index is 2.12. The van der Waals surface area contributed by atoms with Crippen LogP contribution in [0.1, 0.15) is 41.6 Å². The molecule has 1 aliphatic carbocycles. The van der Waals surface area contributed by atoms with Gasteiger partial charge in [0.1, 0.15) is 23.4 Å². The molecule has 7 heteroatoms. The number of carboxylic acids is 1. The van der Waals surface area contributed by atoms with Gasteiger partial charge in [-0.05, 0) is 37.3 Å². The van der Waals surface area contributed by atoms with Crippen molar-refractivity contribution >= 4 is 28.5 Å². The van der Waals surface area contributed by atoms with Crippen LogP contribution >= 0.6 is 0 Å². The lowest BCUT2D eigenvalue weighted by molar-refractivity contribution is -0.135. The molecular weight excluding hydrogens is 310 g/mol. The summed E-state index contributed by atoms with van der Waals surface area (Å²) >= 11 is 0. The van der Waals surface area contributed by atoms with E-state index in [4.69, 9.17) is 5.11 Å². The first-order chi connectivity index (χ1) is 11.6. The van der Waals surface area contributed by atoms with Gasteiger partial charge in [-0.15, -0.1) is 0 Å². The Hall–Kier alpha value is -2.96. The zero-order valence-electron chi connectivity index (χ0n) is 13.0. The summed E-state index contributed by atoms with van der Waals surface area (Å²) in [4.78, 5) is 31.4.